The predicted octanol–water partition coefficient (Wildman–Crippen LogP) is 5.64. The van der Waals surface area contributed by atoms with Gasteiger partial charge in [-0.15, -0.1) is 0 Å². The molecule has 0 saturated heterocycles. The third kappa shape index (κ3) is 3.47. The van der Waals surface area contributed by atoms with E-state index in [9.17, 15) is 5.11 Å². The highest BCUT2D eigenvalue weighted by atomic mass is 35.5. The minimum atomic E-state index is -0.122. The molecule has 0 spiro atoms. The highest BCUT2D eigenvalue weighted by Gasteiger charge is 2.10. The number of hydrogen-bond donors (Lipinski definition) is 3. The lowest BCUT2D eigenvalue weighted by atomic mass is 10.0. The van der Waals surface area contributed by atoms with E-state index >= 15 is 0 Å². The molecule has 2 aromatic carbocycles. The van der Waals surface area contributed by atoms with Crippen LogP contribution in [0.15, 0.2) is 60.9 Å². The topological polar surface area (TPSA) is 84.1 Å². The van der Waals surface area contributed by atoms with E-state index in [0.29, 0.717) is 5.82 Å². The number of fused-ring (bicyclic) bond motifs is 1. The smallest absolute Gasteiger partial charge is 0.152 e. The Bertz CT molecular complexity index is 1120. The molecule has 0 saturated carbocycles. The summed E-state index contributed by atoms with van der Waals surface area (Å²) in [4.78, 5) is 8.51. The van der Waals surface area contributed by atoms with Crippen molar-refractivity contribution in [1.82, 2.24) is 9.97 Å². The molecule has 0 amide bonds. The zero-order valence-corrected chi connectivity index (χ0v) is 15.5. The summed E-state index contributed by atoms with van der Waals surface area (Å²) in [5.41, 5.74) is 9.87. The molecule has 0 unspecified atom stereocenters. The molecule has 2 heterocycles. The van der Waals surface area contributed by atoms with Crippen molar-refractivity contribution in [3.63, 3.8) is 0 Å². The molecule has 5 nitrogen and oxygen atoms in total. The van der Waals surface area contributed by atoms with Gasteiger partial charge in [-0.1, -0.05) is 29.3 Å². The monoisotopic (exact) mass is 396 g/mol. The van der Waals surface area contributed by atoms with Crippen LogP contribution in [0.5, 0.6) is 5.75 Å². The van der Waals surface area contributed by atoms with Gasteiger partial charge in [0.05, 0.1) is 27.4 Å². The number of phenolic OH excluding ortho intramolecular Hbond substituents is 1. The van der Waals surface area contributed by atoms with Gasteiger partial charge in [-0.05, 0) is 53.6 Å². The van der Waals surface area contributed by atoms with Crippen LogP contribution in [0, 0.1) is 0 Å². The molecule has 0 aliphatic carbocycles. The molecule has 2 aromatic heterocycles. The molecule has 7 heteroatoms. The number of aromatic nitrogens is 2. The molecular weight excluding hydrogens is 383 g/mol. The predicted molar refractivity (Wildman–Crippen MR) is 111 cm³/mol. The number of nitrogen functional groups attached to an aromatic ring is 1. The third-order valence-corrected chi connectivity index (χ3v) is 4.73. The van der Waals surface area contributed by atoms with Crippen molar-refractivity contribution in [3.8, 4) is 16.9 Å². The van der Waals surface area contributed by atoms with Gasteiger partial charge >= 0.3 is 0 Å². The Labute approximate surface area is 165 Å². The Morgan fingerprint density at radius 2 is 1.67 bits per heavy atom. The number of hydrogen-bond acceptors (Lipinski definition) is 5. The number of benzene rings is 2. The molecule has 0 fully saturated rings. The fourth-order valence-corrected chi connectivity index (χ4v) is 3.29. The van der Waals surface area contributed by atoms with Gasteiger partial charge in [0.2, 0.25) is 0 Å². The molecule has 0 radical (unpaired) electrons. The summed E-state index contributed by atoms with van der Waals surface area (Å²) < 4.78 is 0. The van der Waals surface area contributed by atoms with Gasteiger partial charge in [-0.3, -0.25) is 4.98 Å². The number of halogens is 2. The van der Waals surface area contributed by atoms with Crippen LogP contribution in [0.25, 0.3) is 22.0 Å². The summed E-state index contributed by atoms with van der Waals surface area (Å²) in [5.74, 6) is 0.339. The first-order valence-electron chi connectivity index (χ1n) is 8.07. The number of nitrogens with zero attached hydrogens (tertiary/aromatic N) is 2. The fourth-order valence-electron chi connectivity index (χ4n) is 2.80. The number of rotatable bonds is 3. The first-order chi connectivity index (χ1) is 13.0. The number of phenols is 1. The van der Waals surface area contributed by atoms with E-state index in [1.165, 1.54) is 0 Å². The molecule has 4 aromatic rings. The lowest BCUT2D eigenvalue weighted by Gasteiger charge is -2.11. The lowest BCUT2D eigenvalue weighted by Crippen LogP contribution is -1.95. The number of pyridine rings is 2. The maximum atomic E-state index is 9.78. The minimum Gasteiger partial charge on any atom is -0.505 e. The van der Waals surface area contributed by atoms with Gasteiger partial charge in [0.15, 0.2) is 5.75 Å². The lowest BCUT2D eigenvalue weighted by molar-refractivity contribution is 0.476. The maximum Gasteiger partial charge on any atom is 0.152 e. The quantitative estimate of drug-likeness (QED) is 0.417. The standard InChI is InChI=1S/C20H14Cl2N4O/c21-15-8-12(9-16(22)20(15)27)11-1-3-17-14(7-11)18(5-6-24-17)26-13-2-4-19(23)25-10-13/h1-10,27H,(H2,23,25)(H,24,26). The summed E-state index contributed by atoms with van der Waals surface area (Å²) in [5, 5.41) is 14.4. The average molecular weight is 397 g/mol. The number of nitrogens with two attached hydrogens (primary N) is 1. The maximum absolute atomic E-state index is 9.78. The van der Waals surface area contributed by atoms with E-state index in [1.54, 1.807) is 30.6 Å². The van der Waals surface area contributed by atoms with Gasteiger partial charge in [0.25, 0.3) is 0 Å². The van der Waals surface area contributed by atoms with E-state index in [4.69, 9.17) is 28.9 Å². The SMILES string of the molecule is Nc1ccc(Nc2ccnc3ccc(-c4cc(Cl)c(O)c(Cl)c4)cc23)cn1. The van der Waals surface area contributed by atoms with Crippen molar-refractivity contribution in [2.75, 3.05) is 11.1 Å². The van der Waals surface area contributed by atoms with Crippen LogP contribution in [0.2, 0.25) is 10.0 Å². The van der Waals surface area contributed by atoms with Crippen molar-refractivity contribution in [3.05, 3.63) is 71.0 Å². The van der Waals surface area contributed by atoms with Gasteiger partial charge in [0.1, 0.15) is 5.82 Å². The third-order valence-electron chi connectivity index (χ3n) is 4.16. The molecule has 0 bridgehead atoms. The summed E-state index contributed by atoms with van der Waals surface area (Å²) in [6, 6.07) is 14.7. The fraction of sp³-hybridized carbons (Fsp3) is 0. The molecule has 0 atom stereocenters. The Morgan fingerprint density at radius 1 is 0.889 bits per heavy atom. The van der Waals surface area contributed by atoms with E-state index in [2.05, 4.69) is 15.3 Å². The molecule has 0 aliphatic heterocycles. The van der Waals surface area contributed by atoms with E-state index in [0.717, 1.165) is 33.4 Å². The molecular formula is C20H14Cl2N4O. The molecule has 134 valence electrons. The normalized spacial score (nSPS) is 10.9. The van der Waals surface area contributed by atoms with Crippen molar-refractivity contribution in [2.24, 2.45) is 0 Å². The number of aromatic hydroxyl groups is 1. The van der Waals surface area contributed by atoms with Crippen molar-refractivity contribution < 1.29 is 5.11 Å². The summed E-state index contributed by atoms with van der Waals surface area (Å²) in [6.45, 7) is 0. The average Bonchev–Trinajstić information content (AvgIpc) is 2.67. The Balaban J connectivity index is 1.80. The largest absolute Gasteiger partial charge is 0.505 e. The van der Waals surface area contributed by atoms with Crippen molar-refractivity contribution in [1.29, 1.82) is 0 Å². The van der Waals surface area contributed by atoms with Crippen LogP contribution >= 0.6 is 23.2 Å². The van der Waals surface area contributed by atoms with Crippen molar-refractivity contribution >= 4 is 51.3 Å². The molecule has 27 heavy (non-hydrogen) atoms. The second-order valence-electron chi connectivity index (χ2n) is 5.98. The van der Waals surface area contributed by atoms with Gasteiger partial charge in [0, 0.05) is 17.3 Å². The van der Waals surface area contributed by atoms with Crippen LogP contribution in [0.1, 0.15) is 0 Å². The number of nitrogens with one attached hydrogen (secondary N) is 1. The second kappa shape index (κ2) is 6.95. The van der Waals surface area contributed by atoms with E-state index in [-0.39, 0.29) is 15.8 Å². The summed E-state index contributed by atoms with van der Waals surface area (Å²) in [7, 11) is 0. The van der Waals surface area contributed by atoms with Crippen LogP contribution in [0.3, 0.4) is 0 Å². The van der Waals surface area contributed by atoms with E-state index in [1.807, 2.05) is 30.3 Å². The van der Waals surface area contributed by atoms with E-state index < -0.39 is 0 Å². The highest BCUT2D eigenvalue weighted by Crippen LogP contribution is 2.37. The van der Waals surface area contributed by atoms with Crippen molar-refractivity contribution in [2.45, 2.75) is 0 Å². The van der Waals surface area contributed by atoms with Crippen LogP contribution in [0.4, 0.5) is 17.2 Å². The second-order valence-corrected chi connectivity index (χ2v) is 6.79. The van der Waals surface area contributed by atoms with Gasteiger partial charge in [-0.25, -0.2) is 4.98 Å². The minimum absolute atomic E-state index is 0.122. The number of anilines is 3. The molecule has 4 rings (SSSR count). The van der Waals surface area contributed by atoms with Gasteiger partial charge in [-0.2, -0.15) is 0 Å². The van der Waals surface area contributed by atoms with Crippen LogP contribution in [-0.4, -0.2) is 15.1 Å². The first kappa shape index (κ1) is 17.4. The summed E-state index contributed by atoms with van der Waals surface area (Å²) in [6.07, 6.45) is 3.41. The zero-order valence-electron chi connectivity index (χ0n) is 13.9. The molecule has 0 aliphatic rings. The highest BCUT2D eigenvalue weighted by molar-refractivity contribution is 6.37. The Morgan fingerprint density at radius 3 is 2.37 bits per heavy atom. The van der Waals surface area contributed by atoms with Crippen LogP contribution in [-0.2, 0) is 0 Å². The van der Waals surface area contributed by atoms with Gasteiger partial charge < -0.3 is 16.2 Å². The Kier molecular flexibility index (Phi) is 4.48. The summed E-state index contributed by atoms with van der Waals surface area (Å²) >= 11 is 12.1. The van der Waals surface area contributed by atoms with Crippen LogP contribution < -0.4 is 11.1 Å². The first-order valence-corrected chi connectivity index (χ1v) is 8.82. The molecule has 4 N–H and O–H groups in total. The zero-order chi connectivity index (χ0) is 19.0. The Hall–Kier alpha value is -3.02.